The summed E-state index contributed by atoms with van der Waals surface area (Å²) >= 11 is 5.84. The molecule has 0 unspecified atom stereocenters. The van der Waals surface area contributed by atoms with Crippen molar-refractivity contribution in [3.05, 3.63) is 58.6 Å². The van der Waals surface area contributed by atoms with Gasteiger partial charge < -0.3 is 10.1 Å². The molecule has 2 amide bonds. The highest BCUT2D eigenvalue weighted by atomic mass is 35.5. The van der Waals surface area contributed by atoms with Crippen LogP contribution in [0.3, 0.4) is 0 Å². The number of hydrogen-bond donors (Lipinski definition) is 1. The van der Waals surface area contributed by atoms with Crippen LogP contribution in [0.5, 0.6) is 5.75 Å². The number of amides is 2. The summed E-state index contributed by atoms with van der Waals surface area (Å²) in [5, 5.41) is 3.45. The Balaban J connectivity index is 2.08. The maximum atomic E-state index is 12.3. The van der Waals surface area contributed by atoms with E-state index in [1.54, 1.807) is 18.2 Å². The fraction of sp³-hybridized carbons (Fsp3) is 0.263. The van der Waals surface area contributed by atoms with E-state index in [2.05, 4.69) is 5.32 Å². The predicted molar refractivity (Wildman–Crippen MR) is 99.1 cm³/mol. The molecule has 0 aliphatic rings. The molecule has 0 radical (unpaired) electrons. The number of aryl methyl sites for hydroxylation is 1. The van der Waals surface area contributed by atoms with Crippen LogP contribution in [-0.4, -0.2) is 25.5 Å². The summed E-state index contributed by atoms with van der Waals surface area (Å²) in [7, 11) is 1.53. The lowest BCUT2D eigenvalue weighted by molar-refractivity contribution is -0.123. The molecule has 0 atom stereocenters. The van der Waals surface area contributed by atoms with E-state index in [0.717, 1.165) is 11.1 Å². The minimum absolute atomic E-state index is 0.0806. The molecule has 0 bridgehead atoms. The molecule has 1 N–H and O–H groups in total. The highest BCUT2D eigenvalue weighted by Gasteiger charge is 2.19. The van der Waals surface area contributed by atoms with Crippen molar-refractivity contribution in [1.82, 2.24) is 5.32 Å². The molecule has 0 fully saturated rings. The number of benzene rings is 2. The minimum Gasteiger partial charge on any atom is -0.495 e. The monoisotopic (exact) mass is 360 g/mol. The molecule has 0 saturated carbocycles. The van der Waals surface area contributed by atoms with Gasteiger partial charge in [0.15, 0.2) is 0 Å². The van der Waals surface area contributed by atoms with Crippen molar-refractivity contribution in [2.45, 2.75) is 20.4 Å². The summed E-state index contributed by atoms with van der Waals surface area (Å²) in [4.78, 5) is 25.7. The second-order valence-electron chi connectivity index (χ2n) is 5.68. The number of methoxy groups -OCH3 is 1. The highest BCUT2D eigenvalue weighted by molar-refractivity contribution is 6.30. The molecule has 6 heteroatoms. The van der Waals surface area contributed by atoms with Crippen molar-refractivity contribution < 1.29 is 14.3 Å². The second-order valence-corrected chi connectivity index (χ2v) is 6.12. The lowest BCUT2D eigenvalue weighted by Crippen LogP contribution is -2.39. The Labute approximate surface area is 152 Å². The molecule has 25 heavy (non-hydrogen) atoms. The molecule has 0 aliphatic carbocycles. The molecule has 0 spiro atoms. The van der Waals surface area contributed by atoms with Gasteiger partial charge in [-0.25, -0.2) is 0 Å². The van der Waals surface area contributed by atoms with Crippen LogP contribution in [0, 0.1) is 6.92 Å². The molecule has 2 aromatic carbocycles. The lowest BCUT2D eigenvalue weighted by atomic mass is 10.2. The van der Waals surface area contributed by atoms with Gasteiger partial charge >= 0.3 is 0 Å². The van der Waals surface area contributed by atoms with Gasteiger partial charge in [0.25, 0.3) is 0 Å². The van der Waals surface area contributed by atoms with Gasteiger partial charge in [-0.1, -0.05) is 29.8 Å². The first-order valence-electron chi connectivity index (χ1n) is 7.84. The normalized spacial score (nSPS) is 10.2. The third-order valence-electron chi connectivity index (χ3n) is 3.71. The molecule has 0 aromatic heterocycles. The van der Waals surface area contributed by atoms with Crippen LogP contribution in [-0.2, 0) is 16.1 Å². The third-order valence-corrected chi connectivity index (χ3v) is 3.96. The summed E-state index contributed by atoms with van der Waals surface area (Å²) in [6, 6.07) is 12.7. The Kier molecular flexibility index (Phi) is 6.42. The molecule has 5 nitrogen and oxygen atoms in total. The SMILES string of the molecule is COc1ccc(C)cc1N(CC(=O)NCc1ccc(Cl)cc1)C(C)=O. The Morgan fingerprint density at radius 3 is 2.44 bits per heavy atom. The van der Waals surface area contributed by atoms with Crippen LogP contribution in [0.15, 0.2) is 42.5 Å². The van der Waals surface area contributed by atoms with Crippen molar-refractivity contribution in [2.75, 3.05) is 18.6 Å². The molecule has 0 heterocycles. The quantitative estimate of drug-likeness (QED) is 0.859. The minimum atomic E-state index is -0.256. The Morgan fingerprint density at radius 2 is 1.84 bits per heavy atom. The van der Waals surface area contributed by atoms with E-state index in [0.29, 0.717) is 23.0 Å². The maximum Gasteiger partial charge on any atom is 0.240 e. The first-order chi connectivity index (χ1) is 11.9. The van der Waals surface area contributed by atoms with Crippen molar-refractivity contribution in [3.8, 4) is 5.75 Å². The van der Waals surface area contributed by atoms with E-state index >= 15 is 0 Å². The zero-order valence-corrected chi connectivity index (χ0v) is 15.3. The third kappa shape index (κ3) is 5.22. The summed E-state index contributed by atoms with van der Waals surface area (Å²) in [6.45, 7) is 3.63. The van der Waals surface area contributed by atoms with E-state index < -0.39 is 0 Å². The number of anilines is 1. The lowest BCUT2D eigenvalue weighted by Gasteiger charge is -2.23. The molecule has 0 saturated heterocycles. The zero-order chi connectivity index (χ0) is 18.4. The summed E-state index contributed by atoms with van der Waals surface area (Å²) in [6.07, 6.45) is 0. The van der Waals surface area contributed by atoms with Crippen LogP contribution >= 0.6 is 11.6 Å². The largest absolute Gasteiger partial charge is 0.495 e. The number of halogens is 1. The standard InChI is InChI=1S/C19H21ClN2O3/c1-13-4-9-18(25-3)17(10-13)22(14(2)23)12-19(24)21-11-15-5-7-16(20)8-6-15/h4-10H,11-12H2,1-3H3,(H,21,24). The number of rotatable bonds is 6. The van der Waals surface area contributed by atoms with Crippen LogP contribution in [0.4, 0.5) is 5.69 Å². The summed E-state index contributed by atoms with van der Waals surface area (Å²) in [5.41, 5.74) is 2.49. The van der Waals surface area contributed by atoms with Crippen LogP contribution < -0.4 is 15.0 Å². The van der Waals surface area contributed by atoms with E-state index in [1.807, 2.05) is 31.2 Å². The molecule has 132 valence electrons. The highest BCUT2D eigenvalue weighted by Crippen LogP contribution is 2.29. The van der Waals surface area contributed by atoms with Gasteiger partial charge in [0.05, 0.1) is 12.8 Å². The molecule has 0 aliphatic heterocycles. The van der Waals surface area contributed by atoms with Gasteiger partial charge in [0.2, 0.25) is 11.8 Å². The first-order valence-corrected chi connectivity index (χ1v) is 8.22. The van der Waals surface area contributed by atoms with Gasteiger partial charge in [-0.15, -0.1) is 0 Å². The number of carbonyl (C=O) groups excluding carboxylic acids is 2. The fourth-order valence-electron chi connectivity index (χ4n) is 2.38. The Morgan fingerprint density at radius 1 is 1.16 bits per heavy atom. The Bertz CT molecular complexity index is 760. The first kappa shape index (κ1) is 18.8. The topological polar surface area (TPSA) is 58.6 Å². The van der Waals surface area contributed by atoms with Gasteiger partial charge in [0, 0.05) is 18.5 Å². The van der Waals surface area contributed by atoms with Gasteiger partial charge in [-0.2, -0.15) is 0 Å². The maximum absolute atomic E-state index is 12.3. The number of nitrogens with zero attached hydrogens (tertiary/aromatic N) is 1. The number of hydrogen-bond acceptors (Lipinski definition) is 3. The average Bonchev–Trinajstić information content (AvgIpc) is 2.59. The Hall–Kier alpha value is -2.53. The zero-order valence-electron chi connectivity index (χ0n) is 14.5. The fourth-order valence-corrected chi connectivity index (χ4v) is 2.51. The van der Waals surface area contributed by atoms with Crippen molar-refractivity contribution in [2.24, 2.45) is 0 Å². The number of ether oxygens (including phenoxy) is 1. The average molecular weight is 361 g/mol. The van der Waals surface area contributed by atoms with E-state index in [4.69, 9.17) is 16.3 Å². The van der Waals surface area contributed by atoms with Crippen LogP contribution in [0.25, 0.3) is 0 Å². The van der Waals surface area contributed by atoms with Gasteiger partial charge in [0.1, 0.15) is 12.3 Å². The van der Waals surface area contributed by atoms with Gasteiger partial charge in [-0.3, -0.25) is 14.5 Å². The van der Waals surface area contributed by atoms with Crippen LogP contribution in [0.1, 0.15) is 18.1 Å². The molecule has 2 aromatic rings. The molecule has 2 rings (SSSR count). The van der Waals surface area contributed by atoms with Crippen LogP contribution in [0.2, 0.25) is 5.02 Å². The molecular formula is C19H21ClN2O3. The van der Waals surface area contributed by atoms with Gasteiger partial charge in [-0.05, 0) is 42.3 Å². The van der Waals surface area contributed by atoms with Crippen molar-refractivity contribution >= 4 is 29.1 Å². The summed E-state index contributed by atoms with van der Waals surface area (Å²) in [5.74, 6) is 0.0607. The van der Waals surface area contributed by atoms with E-state index in [1.165, 1.54) is 18.9 Å². The second kappa shape index (κ2) is 8.53. The van der Waals surface area contributed by atoms with E-state index in [9.17, 15) is 9.59 Å². The summed E-state index contributed by atoms with van der Waals surface area (Å²) < 4.78 is 5.32. The number of nitrogens with one attached hydrogen (secondary N) is 1. The smallest absolute Gasteiger partial charge is 0.240 e. The molecular weight excluding hydrogens is 340 g/mol. The van der Waals surface area contributed by atoms with E-state index in [-0.39, 0.29) is 18.4 Å². The van der Waals surface area contributed by atoms with Crippen molar-refractivity contribution in [1.29, 1.82) is 0 Å². The number of carbonyl (C=O) groups is 2. The van der Waals surface area contributed by atoms with Crippen molar-refractivity contribution in [3.63, 3.8) is 0 Å². The predicted octanol–water partition coefficient (Wildman–Crippen LogP) is 3.33.